The fourth-order valence-corrected chi connectivity index (χ4v) is 3.41. The van der Waals surface area contributed by atoms with Crippen molar-refractivity contribution in [1.29, 1.82) is 0 Å². The number of pyridine rings is 2. The molecule has 5 aromatic rings. The Morgan fingerprint density at radius 3 is 2.85 bits per heavy atom. The first-order chi connectivity index (χ1) is 12.8. The van der Waals surface area contributed by atoms with Gasteiger partial charge in [0.1, 0.15) is 11.6 Å². The van der Waals surface area contributed by atoms with Crippen LogP contribution in [0.15, 0.2) is 60.9 Å². The molecule has 0 amide bonds. The molecule has 0 aliphatic carbocycles. The molecular formula is C21H16N4O. The quantitative estimate of drug-likeness (QED) is 0.533. The summed E-state index contributed by atoms with van der Waals surface area (Å²) in [6, 6.07) is 16.1. The molecule has 26 heavy (non-hydrogen) atoms. The maximum Gasteiger partial charge on any atom is 0.119 e. The van der Waals surface area contributed by atoms with Gasteiger partial charge in [-0.2, -0.15) is 0 Å². The summed E-state index contributed by atoms with van der Waals surface area (Å²) >= 11 is 0. The number of hydrogen-bond donors (Lipinski definition) is 1. The average molecular weight is 340 g/mol. The van der Waals surface area contributed by atoms with Crippen molar-refractivity contribution in [3.63, 3.8) is 0 Å². The van der Waals surface area contributed by atoms with E-state index in [1.807, 2.05) is 54.9 Å². The molecule has 0 saturated heterocycles. The molecule has 0 bridgehead atoms. The SMILES string of the molecule is COc1cc(Cc2nc3c(cnc4ccccc43)[nH]2)c2ncccc2c1. The highest BCUT2D eigenvalue weighted by Crippen LogP contribution is 2.27. The van der Waals surface area contributed by atoms with Crippen molar-refractivity contribution in [3.05, 3.63) is 72.3 Å². The molecule has 0 atom stereocenters. The molecule has 3 heterocycles. The van der Waals surface area contributed by atoms with Gasteiger partial charge in [0.15, 0.2) is 0 Å². The van der Waals surface area contributed by atoms with E-state index in [-0.39, 0.29) is 0 Å². The van der Waals surface area contributed by atoms with Crippen LogP contribution in [0.5, 0.6) is 5.75 Å². The number of imidazole rings is 1. The number of H-pyrrole nitrogens is 1. The molecule has 5 nitrogen and oxygen atoms in total. The molecular weight excluding hydrogens is 324 g/mol. The maximum atomic E-state index is 5.45. The largest absolute Gasteiger partial charge is 0.497 e. The van der Waals surface area contributed by atoms with Crippen LogP contribution in [-0.2, 0) is 6.42 Å². The number of methoxy groups -OCH3 is 1. The molecule has 0 fully saturated rings. The van der Waals surface area contributed by atoms with Crippen LogP contribution in [0.3, 0.4) is 0 Å². The van der Waals surface area contributed by atoms with Crippen LogP contribution in [0.25, 0.3) is 32.8 Å². The second-order valence-electron chi connectivity index (χ2n) is 6.26. The lowest BCUT2D eigenvalue weighted by atomic mass is 10.1. The van der Waals surface area contributed by atoms with Gasteiger partial charge < -0.3 is 9.72 Å². The van der Waals surface area contributed by atoms with Gasteiger partial charge in [0.25, 0.3) is 0 Å². The molecule has 0 radical (unpaired) electrons. The van der Waals surface area contributed by atoms with Crippen molar-refractivity contribution < 1.29 is 4.74 Å². The second kappa shape index (κ2) is 5.81. The first-order valence-corrected chi connectivity index (χ1v) is 8.46. The summed E-state index contributed by atoms with van der Waals surface area (Å²) in [5.74, 6) is 1.71. The topological polar surface area (TPSA) is 63.7 Å². The van der Waals surface area contributed by atoms with E-state index in [1.54, 1.807) is 7.11 Å². The van der Waals surface area contributed by atoms with Gasteiger partial charge in [-0.25, -0.2) is 4.98 Å². The third kappa shape index (κ3) is 2.37. The highest BCUT2D eigenvalue weighted by atomic mass is 16.5. The van der Waals surface area contributed by atoms with Crippen molar-refractivity contribution >= 4 is 32.8 Å². The standard InChI is InChI=1S/C21H16N4O/c1-26-15-9-13-5-4-8-22-20(13)14(10-15)11-19-24-18-12-23-17-7-3-2-6-16(17)21(18)25-19/h2-10,12H,11H2,1H3,(H,24,25). The zero-order chi connectivity index (χ0) is 17.5. The molecule has 0 saturated carbocycles. The summed E-state index contributed by atoms with van der Waals surface area (Å²) in [4.78, 5) is 17.3. The first-order valence-electron chi connectivity index (χ1n) is 8.46. The number of fused-ring (bicyclic) bond motifs is 4. The minimum absolute atomic E-state index is 0.647. The predicted octanol–water partition coefficient (Wildman–Crippen LogP) is 4.26. The summed E-state index contributed by atoms with van der Waals surface area (Å²) in [5.41, 5.74) is 4.89. The highest BCUT2D eigenvalue weighted by Gasteiger charge is 2.11. The summed E-state index contributed by atoms with van der Waals surface area (Å²) in [6.07, 6.45) is 4.30. The minimum Gasteiger partial charge on any atom is -0.497 e. The van der Waals surface area contributed by atoms with E-state index in [0.29, 0.717) is 6.42 Å². The number of benzene rings is 2. The number of ether oxygens (including phenoxy) is 1. The van der Waals surface area contributed by atoms with E-state index in [0.717, 1.165) is 50.0 Å². The zero-order valence-electron chi connectivity index (χ0n) is 14.2. The van der Waals surface area contributed by atoms with Crippen molar-refractivity contribution in [2.45, 2.75) is 6.42 Å². The molecule has 2 aromatic carbocycles. The van der Waals surface area contributed by atoms with Crippen molar-refractivity contribution in [3.8, 4) is 5.75 Å². The number of aromatic amines is 1. The van der Waals surface area contributed by atoms with Crippen LogP contribution in [0.1, 0.15) is 11.4 Å². The fourth-order valence-electron chi connectivity index (χ4n) is 3.41. The van der Waals surface area contributed by atoms with Gasteiger partial charge in [-0.1, -0.05) is 24.3 Å². The maximum absolute atomic E-state index is 5.45. The molecule has 126 valence electrons. The van der Waals surface area contributed by atoms with Crippen molar-refractivity contribution in [2.24, 2.45) is 0 Å². The van der Waals surface area contributed by atoms with E-state index in [4.69, 9.17) is 9.72 Å². The molecule has 3 aromatic heterocycles. The number of nitrogens with one attached hydrogen (secondary N) is 1. The fraction of sp³-hybridized carbons (Fsp3) is 0.0952. The van der Waals surface area contributed by atoms with Crippen LogP contribution < -0.4 is 4.74 Å². The lowest BCUT2D eigenvalue weighted by Gasteiger charge is -2.07. The number of para-hydroxylation sites is 1. The van der Waals surface area contributed by atoms with Crippen LogP contribution in [0.2, 0.25) is 0 Å². The zero-order valence-corrected chi connectivity index (χ0v) is 14.2. The minimum atomic E-state index is 0.647. The van der Waals surface area contributed by atoms with Crippen LogP contribution in [-0.4, -0.2) is 27.0 Å². The second-order valence-corrected chi connectivity index (χ2v) is 6.26. The average Bonchev–Trinajstić information content (AvgIpc) is 3.11. The Kier molecular flexibility index (Phi) is 3.31. The van der Waals surface area contributed by atoms with Gasteiger partial charge in [-0.15, -0.1) is 0 Å². The molecule has 0 unspecified atom stereocenters. The highest BCUT2D eigenvalue weighted by molar-refractivity contribution is 6.01. The third-order valence-corrected chi connectivity index (χ3v) is 4.62. The number of nitrogens with zero attached hydrogens (tertiary/aromatic N) is 3. The van der Waals surface area contributed by atoms with E-state index in [2.05, 4.69) is 21.0 Å². The number of aromatic nitrogens is 4. The Bertz CT molecular complexity index is 1260. The van der Waals surface area contributed by atoms with E-state index in [1.165, 1.54) is 0 Å². The van der Waals surface area contributed by atoms with E-state index < -0.39 is 0 Å². The summed E-state index contributed by atoms with van der Waals surface area (Å²) in [5, 5.41) is 2.12. The monoisotopic (exact) mass is 340 g/mol. The Hall–Kier alpha value is -3.47. The van der Waals surface area contributed by atoms with Gasteiger partial charge in [-0.05, 0) is 29.8 Å². The van der Waals surface area contributed by atoms with Gasteiger partial charge in [-0.3, -0.25) is 9.97 Å². The van der Waals surface area contributed by atoms with Crippen molar-refractivity contribution in [2.75, 3.05) is 7.11 Å². The molecule has 5 heteroatoms. The van der Waals surface area contributed by atoms with Gasteiger partial charge in [0, 0.05) is 23.4 Å². The normalized spacial score (nSPS) is 11.4. The van der Waals surface area contributed by atoms with Gasteiger partial charge >= 0.3 is 0 Å². The van der Waals surface area contributed by atoms with E-state index in [9.17, 15) is 0 Å². The van der Waals surface area contributed by atoms with Crippen LogP contribution in [0, 0.1) is 0 Å². The number of rotatable bonds is 3. The van der Waals surface area contributed by atoms with Crippen LogP contribution in [0.4, 0.5) is 0 Å². The Labute approximate surface area is 149 Å². The Morgan fingerprint density at radius 1 is 1.00 bits per heavy atom. The number of hydrogen-bond acceptors (Lipinski definition) is 4. The van der Waals surface area contributed by atoms with Crippen molar-refractivity contribution in [1.82, 2.24) is 19.9 Å². The molecule has 0 spiro atoms. The van der Waals surface area contributed by atoms with Gasteiger partial charge in [0.05, 0.1) is 35.4 Å². The predicted molar refractivity (Wildman–Crippen MR) is 102 cm³/mol. The summed E-state index contributed by atoms with van der Waals surface area (Å²) in [7, 11) is 1.68. The molecule has 5 rings (SSSR count). The Morgan fingerprint density at radius 2 is 1.92 bits per heavy atom. The van der Waals surface area contributed by atoms with Crippen LogP contribution >= 0.6 is 0 Å². The molecule has 0 aliphatic rings. The summed E-state index contributed by atoms with van der Waals surface area (Å²) < 4.78 is 5.45. The lowest BCUT2D eigenvalue weighted by molar-refractivity contribution is 0.415. The third-order valence-electron chi connectivity index (χ3n) is 4.62. The smallest absolute Gasteiger partial charge is 0.119 e. The first kappa shape index (κ1) is 14.8. The Balaban J connectivity index is 1.66. The van der Waals surface area contributed by atoms with E-state index >= 15 is 0 Å². The lowest BCUT2D eigenvalue weighted by Crippen LogP contribution is -1.95. The molecule has 1 N–H and O–H groups in total. The summed E-state index contributed by atoms with van der Waals surface area (Å²) in [6.45, 7) is 0. The van der Waals surface area contributed by atoms with Gasteiger partial charge in [0.2, 0.25) is 0 Å². The molecule has 0 aliphatic heterocycles.